The smallest absolute Gasteiger partial charge is 0.411 e. The second-order valence-electron chi connectivity index (χ2n) is 7.39. The summed E-state index contributed by atoms with van der Waals surface area (Å²) >= 11 is 0. The van der Waals surface area contributed by atoms with Gasteiger partial charge in [-0.1, -0.05) is 42.5 Å². The standard InChI is InChI=1S/C22H28N2O4/c1-16-12-19(13-17-8-10-20(27-2)11-9-17)22(23,15-25)24(16)21(26)28-14-18-6-4-3-5-7-18/h3-11,16,19,25H,12-15,23H2,1-2H3. The van der Waals surface area contributed by atoms with Crippen molar-refractivity contribution in [2.45, 2.75) is 38.1 Å². The molecule has 1 heterocycles. The lowest BCUT2D eigenvalue weighted by Crippen LogP contribution is -2.62. The molecule has 0 bridgehead atoms. The lowest BCUT2D eigenvalue weighted by atomic mass is 9.87. The van der Waals surface area contributed by atoms with Crippen molar-refractivity contribution < 1.29 is 19.4 Å². The maximum atomic E-state index is 12.8. The van der Waals surface area contributed by atoms with Crippen molar-refractivity contribution in [1.82, 2.24) is 4.90 Å². The van der Waals surface area contributed by atoms with Gasteiger partial charge in [-0.25, -0.2) is 4.79 Å². The number of hydrogen-bond donors (Lipinski definition) is 2. The first kappa shape index (κ1) is 20.2. The zero-order valence-corrected chi connectivity index (χ0v) is 16.4. The molecule has 28 heavy (non-hydrogen) atoms. The molecule has 0 aliphatic carbocycles. The fourth-order valence-corrected chi connectivity index (χ4v) is 3.98. The minimum absolute atomic E-state index is 0.0785. The first-order valence-corrected chi connectivity index (χ1v) is 9.50. The van der Waals surface area contributed by atoms with E-state index in [1.54, 1.807) is 7.11 Å². The van der Waals surface area contributed by atoms with E-state index in [4.69, 9.17) is 15.2 Å². The van der Waals surface area contributed by atoms with E-state index in [-0.39, 0.29) is 25.2 Å². The van der Waals surface area contributed by atoms with Crippen LogP contribution in [0.1, 0.15) is 24.5 Å². The average molecular weight is 384 g/mol. The van der Waals surface area contributed by atoms with E-state index in [0.717, 1.165) is 16.9 Å². The van der Waals surface area contributed by atoms with E-state index in [0.29, 0.717) is 12.8 Å². The summed E-state index contributed by atoms with van der Waals surface area (Å²) in [6.45, 7) is 1.79. The zero-order valence-electron chi connectivity index (χ0n) is 16.4. The molecule has 1 saturated heterocycles. The molecule has 0 saturated carbocycles. The molecule has 2 aromatic rings. The third-order valence-corrected chi connectivity index (χ3v) is 5.52. The van der Waals surface area contributed by atoms with Gasteiger partial charge >= 0.3 is 6.09 Å². The molecule has 0 radical (unpaired) electrons. The van der Waals surface area contributed by atoms with Crippen LogP contribution in [0.3, 0.4) is 0 Å². The molecule has 0 aromatic heterocycles. The number of carbonyl (C=O) groups is 1. The molecule has 2 aromatic carbocycles. The third-order valence-electron chi connectivity index (χ3n) is 5.52. The molecule has 0 spiro atoms. The highest BCUT2D eigenvalue weighted by molar-refractivity contribution is 5.70. The van der Waals surface area contributed by atoms with E-state index in [9.17, 15) is 9.90 Å². The van der Waals surface area contributed by atoms with Crippen LogP contribution in [0.4, 0.5) is 4.79 Å². The Morgan fingerprint density at radius 2 is 1.86 bits per heavy atom. The number of aliphatic hydroxyl groups excluding tert-OH is 1. The van der Waals surface area contributed by atoms with Gasteiger partial charge in [-0.2, -0.15) is 0 Å². The number of benzene rings is 2. The number of aliphatic hydroxyl groups is 1. The second kappa shape index (κ2) is 8.63. The van der Waals surface area contributed by atoms with Crippen LogP contribution in [0.15, 0.2) is 54.6 Å². The maximum absolute atomic E-state index is 12.8. The molecular formula is C22H28N2O4. The predicted octanol–water partition coefficient (Wildman–Crippen LogP) is 2.93. The Labute approximate surface area is 165 Å². The van der Waals surface area contributed by atoms with Gasteiger partial charge in [-0.05, 0) is 43.0 Å². The van der Waals surface area contributed by atoms with E-state index < -0.39 is 11.8 Å². The molecule has 150 valence electrons. The summed E-state index contributed by atoms with van der Waals surface area (Å²) in [7, 11) is 1.63. The molecule has 3 N–H and O–H groups in total. The first-order chi connectivity index (χ1) is 13.5. The third kappa shape index (κ3) is 4.13. The van der Waals surface area contributed by atoms with Gasteiger partial charge in [-0.3, -0.25) is 4.90 Å². The predicted molar refractivity (Wildman–Crippen MR) is 107 cm³/mol. The lowest BCUT2D eigenvalue weighted by Gasteiger charge is -2.38. The summed E-state index contributed by atoms with van der Waals surface area (Å²) in [5.41, 5.74) is 7.39. The van der Waals surface area contributed by atoms with E-state index in [1.807, 2.05) is 61.5 Å². The Bertz CT molecular complexity index is 781. The average Bonchev–Trinajstić information content (AvgIpc) is 2.97. The zero-order chi connectivity index (χ0) is 20.1. The summed E-state index contributed by atoms with van der Waals surface area (Å²) < 4.78 is 10.7. The number of ether oxygens (including phenoxy) is 2. The molecule has 1 fully saturated rings. The fourth-order valence-electron chi connectivity index (χ4n) is 3.98. The van der Waals surface area contributed by atoms with Crippen LogP contribution in [-0.4, -0.2) is 41.5 Å². The van der Waals surface area contributed by atoms with E-state index in [1.165, 1.54) is 4.90 Å². The summed E-state index contributed by atoms with van der Waals surface area (Å²) in [6.07, 6.45) is 0.863. The number of nitrogens with zero attached hydrogens (tertiary/aromatic N) is 1. The maximum Gasteiger partial charge on any atom is 0.411 e. The number of methoxy groups -OCH3 is 1. The Hall–Kier alpha value is -2.57. The molecule has 6 heteroatoms. The molecule has 1 aliphatic heterocycles. The number of rotatable bonds is 6. The number of hydrogen-bond acceptors (Lipinski definition) is 5. The number of carbonyl (C=O) groups excluding carboxylic acids is 1. The fraction of sp³-hybridized carbons (Fsp3) is 0.409. The van der Waals surface area contributed by atoms with Crippen LogP contribution in [0, 0.1) is 5.92 Å². The van der Waals surface area contributed by atoms with Gasteiger partial charge in [0.05, 0.1) is 13.7 Å². The summed E-state index contributed by atoms with van der Waals surface area (Å²) in [5, 5.41) is 10.1. The lowest BCUT2D eigenvalue weighted by molar-refractivity contribution is 0.0117. The van der Waals surface area contributed by atoms with Gasteiger partial charge in [0, 0.05) is 12.0 Å². The van der Waals surface area contributed by atoms with Gasteiger partial charge in [-0.15, -0.1) is 0 Å². The first-order valence-electron chi connectivity index (χ1n) is 9.50. The molecule has 3 rings (SSSR count). The molecule has 3 unspecified atom stereocenters. The van der Waals surface area contributed by atoms with Crippen molar-refractivity contribution in [3.05, 3.63) is 65.7 Å². The monoisotopic (exact) mass is 384 g/mol. The van der Waals surface area contributed by atoms with Gasteiger partial charge in [0.15, 0.2) is 0 Å². The Kier molecular flexibility index (Phi) is 6.21. The highest BCUT2D eigenvalue weighted by atomic mass is 16.6. The molecule has 1 aliphatic rings. The van der Waals surface area contributed by atoms with Crippen LogP contribution in [0.5, 0.6) is 5.75 Å². The highest BCUT2D eigenvalue weighted by Gasteiger charge is 2.52. The van der Waals surface area contributed by atoms with Crippen LogP contribution in [-0.2, 0) is 17.8 Å². The highest BCUT2D eigenvalue weighted by Crippen LogP contribution is 2.38. The summed E-state index contributed by atoms with van der Waals surface area (Å²) in [4.78, 5) is 14.3. The number of nitrogens with two attached hydrogens (primary N) is 1. The van der Waals surface area contributed by atoms with Crippen molar-refractivity contribution in [2.75, 3.05) is 13.7 Å². The van der Waals surface area contributed by atoms with Crippen molar-refractivity contribution in [2.24, 2.45) is 11.7 Å². The van der Waals surface area contributed by atoms with Crippen LogP contribution in [0.2, 0.25) is 0 Å². The molecule has 3 atom stereocenters. The summed E-state index contributed by atoms with van der Waals surface area (Å²) in [6, 6.07) is 17.1. The Morgan fingerprint density at radius 3 is 2.46 bits per heavy atom. The van der Waals surface area contributed by atoms with Gasteiger partial charge < -0.3 is 20.3 Å². The van der Waals surface area contributed by atoms with Gasteiger partial charge in [0.2, 0.25) is 0 Å². The van der Waals surface area contributed by atoms with E-state index in [2.05, 4.69) is 0 Å². The van der Waals surface area contributed by atoms with E-state index >= 15 is 0 Å². The Morgan fingerprint density at radius 1 is 1.18 bits per heavy atom. The SMILES string of the molecule is COc1ccc(CC2CC(C)N(C(=O)OCc3ccccc3)C2(N)CO)cc1. The minimum atomic E-state index is -1.16. The number of likely N-dealkylation sites (tertiary alicyclic amines) is 1. The van der Waals surface area contributed by atoms with Gasteiger partial charge in [0.1, 0.15) is 18.0 Å². The molecule has 6 nitrogen and oxygen atoms in total. The van der Waals surface area contributed by atoms with Crippen molar-refractivity contribution >= 4 is 6.09 Å². The molecular weight excluding hydrogens is 356 g/mol. The largest absolute Gasteiger partial charge is 0.497 e. The minimum Gasteiger partial charge on any atom is -0.497 e. The quantitative estimate of drug-likeness (QED) is 0.800. The second-order valence-corrected chi connectivity index (χ2v) is 7.39. The van der Waals surface area contributed by atoms with Crippen LogP contribution in [0.25, 0.3) is 0 Å². The van der Waals surface area contributed by atoms with Crippen molar-refractivity contribution in [1.29, 1.82) is 0 Å². The van der Waals surface area contributed by atoms with Crippen LogP contribution < -0.4 is 10.5 Å². The van der Waals surface area contributed by atoms with Crippen molar-refractivity contribution in [3.63, 3.8) is 0 Å². The van der Waals surface area contributed by atoms with Gasteiger partial charge in [0.25, 0.3) is 0 Å². The topological polar surface area (TPSA) is 85.0 Å². The summed E-state index contributed by atoms with van der Waals surface area (Å²) in [5.74, 6) is 0.709. The van der Waals surface area contributed by atoms with Crippen molar-refractivity contribution in [3.8, 4) is 5.75 Å². The normalized spacial score (nSPS) is 24.2. The number of amides is 1. The molecule has 1 amide bonds. The Balaban J connectivity index is 1.71. The van der Waals surface area contributed by atoms with Crippen LogP contribution >= 0.6 is 0 Å².